The number of hydrogen-bond acceptors (Lipinski definition) is 5. The molecule has 2 atom stereocenters. The molecule has 1 unspecified atom stereocenters. The summed E-state index contributed by atoms with van der Waals surface area (Å²) in [5.74, 6) is -3.20. The van der Waals surface area contributed by atoms with E-state index in [4.69, 9.17) is 4.65 Å². The fraction of sp³-hybridized carbons (Fsp3) is 0.818. The second kappa shape index (κ2) is 6.47. The highest BCUT2D eigenvalue weighted by Gasteiger charge is 2.59. The van der Waals surface area contributed by atoms with E-state index in [0.717, 1.165) is 0 Å². The van der Waals surface area contributed by atoms with Gasteiger partial charge in [0.25, 0.3) is 0 Å². The van der Waals surface area contributed by atoms with E-state index in [0.29, 0.717) is 0 Å². The molecule has 1 aliphatic rings. The first-order chi connectivity index (χ1) is 9.15. The smallest absolute Gasteiger partial charge is 0.391 e. The molecule has 5 nitrogen and oxygen atoms in total. The summed E-state index contributed by atoms with van der Waals surface area (Å²) in [7, 11) is 2.74. The van der Waals surface area contributed by atoms with Gasteiger partial charge < -0.3 is 9.39 Å². The molecular formula is C11H17BF3NO4. The second-order valence-corrected chi connectivity index (χ2v) is 4.99. The number of carbonyl (C=O) groups is 2. The van der Waals surface area contributed by atoms with Crippen molar-refractivity contribution in [2.24, 2.45) is 5.92 Å². The molecule has 0 bridgehead atoms. The van der Waals surface area contributed by atoms with Gasteiger partial charge in [-0.3, -0.25) is 14.5 Å². The fourth-order valence-electron chi connectivity index (χ4n) is 2.00. The molecule has 20 heavy (non-hydrogen) atoms. The van der Waals surface area contributed by atoms with Gasteiger partial charge in [0.15, 0.2) is 0 Å². The van der Waals surface area contributed by atoms with Gasteiger partial charge in [0.2, 0.25) is 0 Å². The third kappa shape index (κ3) is 5.03. The zero-order chi connectivity index (χ0) is 15.5. The topological polar surface area (TPSA) is 55.8 Å². The molecule has 0 heterocycles. The van der Waals surface area contributed by atoms with E-state index in [1.165, 1.54) is 25.9 Å². The van der Waals surface area contributed by atoms with Crippen LogP contribution in [0.2, 0.25) is 12.6 Å². The van der Waals surface area contributed by atoms with Gasteiger partial charge >= 0.3 is 25.0 Å². The van der Waals surface area contributed by atoms with Crippen molar-refractivity contribution in [3.05, 3.63) is 0 Å². The van der Waals surface area contributed by atoms with Crippen LogP contribution in [0.3, 0.4) is 0 Å². The Morgan fingerprint density at radius 3 is 2.30 bits per heavy atom. The summed E-state index contributed by atoms with van der Waals surface area (Å²) < 4.78 is 46.5. The number of alkyl halides is 3. The van der Waals surface area contributed by atoms with E-state index in [1.54, 1.807) is 0 Å². The molecule has 0 aliphatic heterocycles. The summed E-state index contributed by atoms with van der Waals surface area (Å²) in [5, 5.41) is 0. The number of nitrogens with zero attached hydrogens (tertiary/aromatic N) is 1. The maximum atomic E-state index is 12.4. The first kappa shape index (κ1) is 16.8. The minimum Gasteiger partial charge on any atom is -0.535 e. The Hall–Kier alpha value is -1.25. The van der Waals surface area contributed by atoms with Gasteiger partial charge in [-0.05, 0) is 26.1 Å². The molecular weight excluding hydrogens is 278 g/mol. The molecule has 0 aromatic carbocycles. The molecule has 1 fully saturated rings. The summed E-state index contributed by atoms with van der Waals surface area (Å²) in [6, 6.07) is 0. The highest BCUT2D eigenvalue weighted by atomic mass is 19.4. The predicted molar refractivity (Wildman–Crippen MR) is 65.1 cm³/mol. The molecule has 9 heteroatoms. The average molecular weight is 295 g/mol. The van der Waals surface area contributed by atoms with Gasteiger partial charge in [-0.2, -0.15) is 13.2 Å². The second-order valence-electron chi connectivity index (χ2n) is 4.99. The molecule has 0 radical (unpaired) electrons. The van der Waals surface area contributed by atoms with Gasteiger partial charge in [-0.25, -0.2) is 0 Å². The molecule has 0 aromatic rings. The summed E-state index contributed by atoms with van der Waals surface area (Å²) in [6.45, 7) is 0.409. The van der Waals surface area contributed by atoms with Gasteiger partial charge in [0.1, 0.15) is 0 Å². The summed E-state index contributed by atoms with van der Waals surface area (Å²) >= 11 is 0. The van der Waals surface area contributed by atoms with Crippen LogP contribution in [-0.4, -0.2) is 57.2 Å². The molecule has 1 aliphatic carbocycles. The minimum atomic E-state index is -4.23. The van der Waals surface area contributed by atoms with Crippen molar-refractivity contribution in [1.29, 1.82) is 0 Å². The fourth-order valence-corrected chi connectivity index (χ4v) is 2.00. The van der Waals surface area contributed by atoms with Gasteiger partial charge in [-0.15, -0.1) is 0 Å². The number of esters is 1. The zero-order valence-corrected chi connectivity index (χ0v) is 11.6. The standard InChI is InChI=1S/C11H17BF3NO4/c1-12(8-4-7(8)11(13,14)15)20-10(18)6-16(2)5-9(17)19-3/h7-8H,4-6H2,1-3H3/t7-,8?/m1/s1. The van der Waals surface area contributed by atoms with E-state index in [1.807, 2.05) is 0 Å². The monoisotopic (exact) mass is 295 g/mol. The third-order valence-electron chi connectivity index (χ3n) is 3.21. The Morgan fingerprint density at radius 1 is 1.30 bits per heavy atom. The first-order valence-electron chi connectivity index (χ1n) is 6.16. The van der Waals surface area contributed by atoms with Crippen LogP contribution in [0, 0.1) is 5.92 Å². The number of likely N-dealkylation sites (N-methyl/N-ethyl adjacent to an activating group) is 1. The molecule has 0 aromatic heterocycles. The summed E-state index contributed by atoms with van der Waals surface area (Å²) in [6.07, 6.45) is -4.23. The molecule has 0 saturated heterocycles. The molecule has 0 amide bonds. The van der Waals surface area contributed by atoms with Crippen molar-refractivity contribution in [1.82, 2.24) is 4.90 Å². The van der Waals surface area contributed by atoms with E-state index < -0.39 is 36.8 Å². The summed E-state index contributed by atoms with van der Waals surface area (Å²) in [5.41, 5.74) is 0. The minimum absolute atomic E-state index is 0.00402. The van der Waals surface area contributed by atoms with Crippen molar-refractivity contribution in [3.63, 3.8) is 0 Å². The molecule has 1 rings (SSSR count). The van der Waals surface area contributed by atoms with Crippen molar-refractivity contribution >= 4 is 18.9 Å². The Morgan fingerprint density at radius 2 is 1.85 bits per heavy atom. The highest BCUT2D eigenvalue weighted by Crippen LogP contribution is 2.56. The lowest BCUT2D eigenvalue weighted by atomic mass is 9.64. The summed E-state index contributed by atoms with van der Waals surface area (Å²) in [4.78, 5) is 23.9. The first-order valence-corrected chi connectivity index (χ1v) is 6.16. The normalized spacial score (nSPS) is 21.6. The lowest BCUT2D eigenvalue weighted by Gasteiger charge is -2.16. The Kier molecular flexibility index (Phi) is 5.44. The lowest BCUT2D eigenvalue weighted by Crippen LogP contribution is -2.34. The van der Waals surface area contributed by atoms with E-state index in [2.05, 4.69) is 4.74 Å². The molecule has 1 saturated carbocycles. The number of halogens is 3. The highest BCUT2D eigenvalue weighted by molar-refractivity contribution is 6.55. The SMILES string of the molecule is COC(=O)CN(C)CC(=O)OB(C)C1C[C@H]1C(F)(F)F. The number of hydrogen-bond donors (Lipinski definition) is 0. The Bertz CT molecular complexity index is 377. The van der Waals surface area contributed by atoms with Crippen LogP contribution in [0.4, 0.5) is 13.2 Å². The van der Waals surface area contributed by atoms with E-state index in [-0.39, 0.29) is 19.5 Å². The predicted octanol–water partition coefficient (Wildman–Crippen LogP) is 1.21. The number of rotatable bonds is 6. The van der Waals surface area contributed by atoms with Gasteiger partial charge in [0.05, 0.1) is 26.1 Å². The van der Waals surface area contributed by atoms with Gasteiger partial charge in [-0.1, -0.05) is 0 Å². The van der Waals surface area contributed by atoms with Crippen LogP contribution in [0.25, 0.3) is 0 Å². The molecule has 0 spiro atoms. The Balaban J connectivity index is 2.31. The molecule has 114 valence electrons. The number of carbonyl (C=O) groups excluding carboxylic acids is 2. The maximum Gasteiger partial charge on any atom is 0.391 e. The van der Waals surface area contributed by atoms with Crippen LogP contribution in [-0.2, 0) is 19.0 Å². The van der Waals surface area contributed by atoms with Gasteiger partial charge in [0, 0.05) is 0 Å². The van der Waals surface area contributed by atoms with Crippen LogP contribution in [0.15, 0.2) is 0 Å². The van der Waals surface area contributed by atoms with Crippen molar-refractivity contribution in [2.45, 2.75) is 25.2 Å². The van der Waals surface area contributed by atoms with Crippen LogP contribution in [0.1, 0.15) is 6.42 Å². The zero-order valence-electron chi connectivity index (χ0n) is 11.6. The molecule has 0 N–H and O–H groups in total. The van der Waals surface area contributed by atoms with Crippen LogP contribution in [0.5, 0.6) is 0 Å². The van der Waals surface area contributed by atoms with E-state index in [9.17, 15) is 22.8 Å². The van der Waals surface area contributed by atoms with Crippen molar-refractivity contribution < 1.29 is 32.2 Å². The number of methoxy groups -OCH3 is 1. The lowest BCUT2D eigenvalue weighted by molar-refractivity contribution is -0.148. The average Bonchev–Trinajstić information content (AvgIpc) is 3.07. The quantitative estimate of drug-likeness (QED) is 0.544. The third-order valence-corrected chi connectivity index (χ3v) is 3.21. The van der Waals surface area contributed by atoms with Crippen molar-refractivity contribution in [2.75, 3.05) is 27.2 Å². The van der Waals surface area contributed by atoms with Crippen LogP contribution < -0.4 is 0 Å². The van der Waals surface area contributed by atoms with Crippen molar-refractivity contribution in [3.8, 4) is 0 Å². The Labute approximate surface area is 115 Å². The number of ether oxygens (including phenoxy) is 1. The maximum absolute atomic E-state index is 12.4. The van der Waals surface area contributed by atoms with E-state index >= 15 is 0 Å². The van der Waals surface area contributed by atoms with Crippen LogP contribution >= 0.6 is 0 Å². The largest absolute Gasteiger partial charge is 0.535 e.